The highest BCUT2D eigenvalue weighted by atomic mass is 35.5. The predicted molar refractivity (Wildman–Crippen MR) is 52.5 cm³/mol. The Morgan fingerprint density at radius 2 is 2.20 bits per heavy atom. The van der Waals surface area contributed by atoms with Crippen molar-refractivity contribution >= 4 is 17.9 Å². The SMILES string of the molecule is O=CCCc1cccc(OC(F)F)c1Cl. The van der Waals surface area contributed by atoms with Gasteiger partial charge in [-0.1, -0.05) is 23.7 Å². The number of rotatable bonds is 5. The molecule has 0 saturated carbocycles. The second kappa shape index (κ2) is 5.66. The molecule has 0 amide bonds. The molecule has 0 aliphatic rings. The molecule has 0 aromatic heterocycles. The number of ether oxygens (including phenoxy) is 1. The topological polar surface area (TPSA) is 26.3 Å². The Hall–Kier alpha value is -1.16. The maximum absolute atomic E-state index is 11.9. The Morgan fingerprint density at radius 1 is 1.47 bits per heavy atom. The van der Waals surface area contributed by atoms with Gasteiger partial charge in [0.05, 0.1) is 5.02 Å². The first-order chi connectivity index (χ1) is 7.15. The van der Waals surface area contributed by atoms with Crippen LogP contribution in [0.25, 0.3) is 0 Å². The third-order valence-corrected chi connectivity index (χ3v) is 2.22. The minimum absolute atomic E-state index is 0.0601. The Bertz CT molecular complexity index is 342. The summed E-state index contributed by atoms with van der Waals surface area (Å²) in [6.07, 6.45) is 1.47. The van der Waals surface area contributed by atoms with E-state index in [9.17, 15) is 13.6 Å². The molecule has 0 aliphatic carbocycles. The molecular weight excluding hydrogens is 226 g/mol. The summed E-state index contributed by atoms with van der Waals surface area (Å²) < 4.78 is 28.1. The molecule has 0 heterocycles. The summed E-state index contributed by atoms with van der Waals surface area (Å²) in [5.74, 6) is -0.0601. The van der Waals surface area contributed by atoms with Gasteiger partial charge in [0.25, 0.3) is 0 Å². The number of alkyl halides is 2. The molecule has 5 heteroatoms. The second-order valence-corrected chi connectivity index (χ2v) is 3.19. The number of hydrogen-bond acceptors (Lipinski definition) is 2. The van der Waals surface area contributed by atoms with Crippen molar-refractivity contribution in [2.45, 2.75) is 19.5 Å². The largest absolute Gasteiger partial charge is 0.433 e. The quantitative estimate of drug-likeness (QED) is 0.732. The van der Waals surface area contributed by atoms with Gasteiger partial charge in [-0.05, 0) is 18.1 Å². The van der Waals surface area contributed by atoms with Gasteiger partial charge in [0.15, 0.2) is 0 Å². The average molecular weight is 235 g/mol. The van der Waals surface area contributed by atoms with E-state index in [4.69, 9.17) is 11.6 Å². The fraction of sp³-hybridized carbons (Fsp3) is 0.300. The summed E-state index contributed by atoms with van der Waals surface area (Å²) >= 11 is 5.81. The first kappa shape index (κ1) is 11.9. The van der Waals surface area contributed by atoms with Crippen LogP contribution in [0.3, 0.4) is 0 Å². The first-order valence-electron chi connectivity index (χ1n) is 4.31. The van der Waals surface area contributed by atoms with Crippen molar-refractivity contribution in [2.24, 2.45) is 0 Å². The van der Waals surface area contributed by atoms with E-state index in [0.717, 1.165) is 6.29 Å². The smallest absolute Gasteiger partial charge is 0.387 e. The van der Waals surface area contributed by atoms with Crippen LogP contribution in [0.1, 0.15) is 12.0 Å². The standard InChI is InChI=1S/C10H9ClF2O2/c11-9-7(4-2-6-14)3-1-5-8(9)15-10(12)13/h1,3,5-6,10H,2,4H2. The predicted octanol–water partition coefficient (Wildman–Crippen LogP) is 3.07. The molecule has 15 heavy (non-hydrogen) atoms. The number of aldehydes is 1. The molecule has 0 spiro atoms. The maximum Gasteiger partial charge on any atom is 0.387 e. The van der Waals surface area contributed by atoms with E-state index in [1.54, 1.807) is 12.1 Å². The molecule has 1 rings (SSSR count). The van der Waals surface area contributed by atoms with Gasteiger partial charge in [-0.25, -0.2) is 0 Å². The summed E-state index contributed by atoms with van der Waals surface area (Å²) in [6, 6.07) is 4.59. The molecule has 0 fully saturated rings. The van der Waals surface area contributed by atoms with E-state index in [0.29, 0.717) is 18.4 Å². The lowest BCUT2D eigenvalue weighted by Gasteiger charge is -2.09. The molecule has 0 radical (unpaired) electrons. The van der Waals surface area contributed by atoms with Gasteiger partial charge in [0, 0.05) is 6.42 Å². The van der Waals surface area contributed by atoms with Crippen LogP contribution in [0, 0.1) is 0 Å². The molecule has 82 valence electrons. The Morgan fingerprint density at radius 3 is 2.80 bits per heavy atom. The number of hydrogen-bond donors (Lipinski definition) is 0. The average Bonchev–Trinajstić information content (AvgIpc) is 2.19. The fourth-order valence-corrected chi connectivity index (χ4v) is 1.42. The number of carbonyl (C=O) groups is 1. The highest BCUT2D eigenvalue weighted by molar-refractivity contribution is 6.32. The molecule has 0 aliphatic heterocycles. The molecule has 2 nitrogen and oxygen atoms in total. The number of benzene rings is 1. The Kier molecular flexibility index (Phi) is 4.49. The van der Waals surface area contributed by atoms with Crippen molar-refractivity contribution in [1.82, 2.24) is 0 Å². The van der Waals surface area contributed by atoms with Gasteiger partial charge in [-0.3, -0.25) is 0 Å². The van der Waals surface area contributed by atoms with Crippen LogP contribution in [-0.2, 0) is 11.2 Å². The van der Waals surface area contributed by atoms with E-state index in [1.807, 2.05) is 0 Å². The van der Waals surface area contributed by atoms with E-state index in [1.165, 1.54) is 6.07 Å². The van der Waals surface area contributed by atoms with E-state index in [-0.39, 0.29) is 10.8 Å². The van der Waals surface area contributed by atoms with Crippen LogP contribution in [0.2, 0.25) is 5.02 Å². The van der Waals surface area contributed by atoms with Crippen LogP contribution in [0.4, 0.5) is 8.78 Å². The zero-order valence-electron chi connectivity index (χ0n) is 7.75. The van der Waals surface area contributed by atoms with Crippen molar-refractivity contribution in [3.05, 3.63) is 28.8 Å². The minimum Gasteiger partial charge on any atom is -0.433 e. The summed E-state index contributed by atoms with van der Waals surface area (Å²) in [7, 11) is 0. The lowest BCUT2D eigenvalue weighted by atomic mass is 10.1. The zero-order chi connectivity index (χ0) is 11.3. The Balaban J connectivity index is 2.84. The van der Waals surface area contributed by atoms with Crippen molar-refractivity contribution in [1.29, 1.82) is 0 Å². The van der Waals surface area contributed by atoms with E-state index >= 15 is 0 Å². The molecular formula is C10H9ClF2O2. The lowest BCUT2D eigenvalue weighted by Crippen LogP contribution is -2.03. The normalized spacial score (nSPS) is 10.4. The summed E-state index contributed by atoms with van der Waals surface area (Å²) in [5.41, 5.74) is 0.627. The zero-order valence-corrected chi connectivity index (χ0v) is 8.51. The van der Waals surface area contributed by atoms with Gasteiger partial charge in [-0.2, -0.15) is 8.78 Å². The fourth-order valence-electron chi connectivity index (χ4n) is 1.15. The molecule has 1 aromatic carbocycles. The maximum atomic E-state index is 11.9. The first-order valence-corrected chi connectivity index (χ1v) is 4.68. The van der Waals surface area contributed by atoms with Crippen molar-refractivity contribution in [3.63, 3.8) is 0 Å². The minimum atomic E-state index is -2.90. The summed E-state index contributed by atoms with van der Waals surface area (Å²) in [6.45, 7) is -2.90. The van der Waals surface area contributed by atoms with Crippen molar-refractivity contribution in [3.8, 4) is 5.75 Å². The second-order valence-electron chi connectivity index (χ2n) is 2.81. The van der Waals surface area contributed by atoms with Gasteiger partial charge >= 0.3 is 6.61 Å². The third-order valence-electron chi connectivity index (χ3n) is 1.79. The van der Waals surface area contributed by atoms with E-state index < -0.39 is 6.61 Å². The van der Waals surface area contributed by atoms with Crippen LogP contribution in [0.15, 0.2) is 18.2 Å². The number of carbonyl (C=O) groups excluding carboxylic acids is 1. The third kappa shape index (κ3) is 3.47. The summed E-state index contributed by atoms with van der Waals surface area (Å²) in [5, 5.41) is 0.139. The monoisotopic (exact) mass is 234 g/mol. The summed E-state index contributed by atoms with van der Waals surface area (Å²) in [4.78, 5) is 10.2. The van der Waals surface area contributed by atoms with Crippen LogP contribution >= 0.6 is 11.6 Å². The Labute approximate surface area is 90.8 Å². The number of halogens is 3. The van der Waals surface area contributed by atoms with Crippen LogP contribution < -0.4 is 4.74 Å². The highest BCUT2D eigenvalue weighted by Gasteiger charge is 2.11. The van der Waals surface area contributed by atoms with Gasteiger partial charge in [0.1, 0.15) is 12.0 Å². The highest BCUT2D eigenvalue weighted by Crippen LogP contribution is 2.29. The van der Waals surface area contributed by atoms with Crippen LogP contribution in [0.5, 0.6) is 5.75 Å². The molecule has 0 saturated heterocycles. The van der Waals surface area contributed by atoms with Gasteiger partial charge < -0.3 is 9.53 Å². The molecule has 0 atom stereocenters. The van der Waals surface area contributed by atoms with Crippen molar-refractivity contribution < 1.29 is 18.3 Å². The van der Waals surface area contributed by atoms with Gasteiger partial charge in [0.2, 0.25) is 0 Å². The number of aryl methyl sites for hydroxylation is 1. The van der Waals surface area contributed by atoms with Crippen LogP contribution in [-0.4, -0.2) is 12.9 Å². The van der Waals surface area contributed by atoms with E-state index in [2.05, 4.69) is 4.74 Å². The van der Waals surface area contributed by atoms with Crippen molar-refractivity contribution in [2.75, 3.05) is 0 Å². The molecule has 1 aromatic rings. The molecule has 0 unspecified atom stereocenters. The molecule has 0 N–H and O–H groups in total. The van der Waals surface area contributed by atoms with Gasteiger partial charge in [-0.15, -0.1) is 0 Å². The molecule has 0 bridgehead atoms. The lowest BCUT2D eigenvalue weighted by molar-refractivity contribution is -0.107.